The van der Waals surface area contributed by atoms with E-state index in [1.807, 2.05) is 30.3 Å². The lowest BCUT2D eigenvalue weighted by molar-refractivity contribution is 1.08. The van der Waals surface area contributed by atoms with Gasteiger partial charge in [-0.2, -0.15) is 0 Å². The molecule has 1 aromatic carbocycles. The van der Waals surface area contributed by atoms with E-state index in [2.05, 4.69) is 19.9 Å². The molecule has 0 saturated heterocycles. The molecule has 0 aliphatic carbocycles. The van der Waals surface area contributed by atoms with Crippen molar-refractivity contribution >= 4 is 33.2 Å². The lowest BCUT2D eigenvalue weighted by atomic mass is 10.2. The molecule has 0 fully saturated rings. The minimum absolute atomic E-state index is 0.208. The summed E-state index contributed by atoms with van der Waals surface area (Å²) in [5.74, 6) is 0.739. The topological polar surface area (TPSA) is 71.5 Å². The van der Waals surface area contributed by atoms with E-state index in [1.165, 1.54) is 11.3 Å². The van der Waals surface area contributed by atoms with Crippen LogP contribution in [0.15, 0.2) is 53.6 Å². The molecule has 0 amide bonds. The van der Waals surface area contributed by atoms with Gasteiger partial charge in [-0.25, -0.2) is 15.0 Å². The second-order valence-corrected chi connectivity index (χ2v) is 6.25. The summed E-state index contributed by atoms with van der Waals surface area (Å²) in [6, 6.07) is 11.1. The number of halogens is 1. The van der Waals surface area contributed by atoms with Gasteiger partial charge in [0, 0.05) is 27.9 Å². The van der Waals surface area contributed by atoms with Crippen LogP contribution in [0.3, 0.4) is 0 Å². The molecule has 4 aromatic rings. The predicted octanol–water partition coefficient (Wildman–Crippen LogP) is 3.76. The van der Waals surface area contributed by atoms with Crippen LogP contribution in [0.4, 0.5) is 0 Å². The first-order valence-corrected chi connectivity index (χ1v) is 7.98. The van der Waals surface area contributed by atoms with Crippen molar-refractivity contribution in [3.63, 3.8) is 0 Å². The molecule has 23 heavy (non-hydrogen) atoms. The summed E-state index contributed by atoms with van der Waals surface area (Å²) in [5, 5.41) is 0.641. The van der Waals surface area contributed by atoms with Crippen molar-refractivity contribution in [1.29, 1.82) is 0 Å². The third-order valence-corrected chi connectivity index (χ3v) is 4.79. The maximum absolute atomic E-state index is 12.3. The number of hydrogen-bond acceptors (Lipinski definition) is 5. The van der Waals surface area contributed by atoms with Crippen LogP contribution in [0.1, 0.15) is 0 Å². The number of aromatic nitrogens is 4. The van der Waals surface area contributed by atoms with Crippen molar-refractivity contribution in [2.75, 3.05) is 0 Å². The maximum Gasteiger partial charge on any atom is 0.269 e. The Bertz CT molecular complexity index is 1060. The van der Waals surface area contributed by atoms with E-state index >= 15 is 0 Å². The van der Waals surface area contributed by atoms with Gasteiger partial charge in [0.2, 0.25) is 0 Å². The highest BCUT2D eigenvalue weighted by Gasteiger charge is 2.13. The predicted molar refractivity (Wildman–Crippen MR) is 91.7 cm³/mol. The Balaban J connectivity index is 1.92. The van der Waals surface area contributed by atoms with Gasteiger partial charge in [-0.3, -0.25) is 4.79 Å². The number of nitrogens with one attached hydrogen (secondary N) is 1. The quantitative estimate of drug-likeness (QED) is 0.603. The fraction of sp³-hybridized carbons (Fsp3) is 0. The van der Waals surface area contributed by atoms with Crippen LogP contribution in [0, 0.1) is 0 Å². The fourth-order valence-electron chi connectivity index (χ4n) is 2.26. The van der Waals surface area contributed by atoms with Gasteiger partial charge >= 0.3 is 0 Å². The van der Waals surface area contributed by atoms with Crippen molar-refractivity contribution in [3.8, 4) is 22.1 Å². The summed E-state index contributed by atoms with van der Waals surface area (Å²) in [5.41, 5.74) is 1.28. The average molecular weight is 341 g/mol. The highest BCUT2D eigenvalue weighted by molar-refractivity contribution is 7.22. The van der Waals surface area contributed by atoms with Crippen LogP contribution < -0.4 is 5.56 Å². The van der Waals surface area contributed by atoms with Crippen LogP contribution >= 0.6 is 22.9 Å². The van der Waals surface area contributed by atoms with Crippen molar-refractivity contribution in [3.05, 3.63) is 64.2 Å². The Morgan fingerprint density at radius 2 is 1.87 bits per heavy atom. The number of H-pyrrole nitrogens is 1. The van der Waals surface area contributed by atoms with Crippen molar-refractivity contribution in [2.45, 2.75) is 0 Å². The second kappa shape index (κ2) is 5.57. The van der Waals surface area contributed by atoms with Gasteiger partial charge in [0.05, 0.1) is 5.52 Å². The molecule has 3 aromatic heterocycles. The lowest BCUT2D eigenvalue weighted by Gasteiger charge is -1.98. The molecule has 1 N–H and O–H groups in total. The SMILES string of the molecule is O=c1[nH]c(-c2ncccn2)nc2cc(-c3ccccc3Cl)sc12. The minimum atomic E-state index is -0.208. The van der Waals surface area contributed by atoms with Gasteiger partial charge in [-0.15, -0.1) is 11.3 Å². The Morgan fingerprint density at radius 3 is 2.65 bits per heavy atom. The van der Waals surface area contributed by atoms with E-state index in [1.54, 1.807) is 18.5 Å². The first-order valence-electron chi connectivity index (χ1n) is 6.78. The molecule has 0 saturated carbocycles. The number of hydrogen-bond donors (Lipinski definition) is 1. The number of aromatic amines is 1. The van der Waals surface area contributed by atoms with Gasteiger partial charge in [0.15, 0.2) is 11.6 Å². The Labute approximate surface area is 139 Å². The van der Waals surface area contributed by atoms with Crippen LogP contribution in [0.2, 0.25) is 5.02 Å². The largest absolute Gasteiger partial charge is 0.303 e. The molecule has 0 aliphatic heterocycles. The molecule has 4 rings (SSSR count). The average Bonchev–Trinajstić information content (AvgIpc) is 3.00. The molecule has 0 radical (unpaired) electrons. The second-order valence-electron chi connectivity index (χ2n) is 4.79. The van der Waals surface area contributed by atoms with E-state index in [4.69, 9.17) is 11.6 Å². The van der Waals surface area contributed by atoms with Crippen LogP contribution in [-0.2, 0) is 0 Å². The Kier molecular flexibility index (Phi) is 3.40. The van der Waals surface area contributed by atoms with Crippen LogP contribution in [0.25, 0.3) is 32.3 Å². The zero-order valence-electron chi connectivity index (χ0n) is 11.7. The number of thiophene rings is 1. The van der Waals surface area contributed by atoms with Crippen LogP contribution in [-0.4, -0.2) is 19.9 Å². The molecule has 3 heterocycles. The monoisotopic (exact) mass is 340 g/mol. The standard InChI is InChI=1S/C16H9ClN4OS/c17-10-5-2-1-4-9(10)12-8-11-13(23-12)16(22)21-15(20-11)14-18-6-3-7-19-14/h1-8H,(H,20,21,22). The maximum atomic E-state index is 12.3. The smallest absolute Gasteiger partial charge is 0.269 e. The summed E-state index contributed by atoms with van der Waals surface area (Å²) in [4.78, 5) is 28.7. The highest BCUT2D eigenvalue weighted by atomic mass is 35.5. The van der Waals surface area contributed by atoms with Crippen LogP contribution in [0.5, 0.6) is 0 Å². The molecule has 0 unspecified atom stereocenters. The molecule has 0 aliphatic rings. The molecule has 5 nitrogen and oxygen atoms in total. The van der Waals surface area contributed by atoms with Crippen molar-refractivity contribution < 1.29 is 0 Å². The normalized spacial score (nSPS) is 11.0. The summed E-state index contributed by atoms with van der Waals surface area (Å²) in [6.07, 6.45) is 3.21. The van der Waals surface area contributed by atoms with E-state index in [0.29, 0.717) is 26.9 Å². The number of nitrogens with zero attached hydrogens (tertiary/aromatic N) is 3. The highest BCUT2D eigenvalue weighted by Crippen LogP contribution is 2.35. The summed E-state index contributed by atoms with van der Waals surface area (Å²) >= 11 is 7.60. The van der Waals surface area contributed by atoms with Crippen molar-refractivity contribution in [1.82, 2.24) is 19.9 Å². The number of rotatable bonds is 2. The van der Waals surface area contributed by atoms with Gasteiger partial charge in [-0.1, -0.05) is 29.8 Å². The van der Waals surface area contributed by atoms with E-state index in [0.717, 1.165) is 10.4 Å². The molecular formula is C16H9ClN4OS. The zero-order valence-corrected chi connectivity index (χ0v) is 13.2. The van der Waals surface area contributed by atoms with Gasteiger partial charge < -0.3 is 4.98 Å². The number of fused-ring (bicyclic) bond motifs is 1. The zero-order chi connectivity index (χ0) is 15.8. The van der Waals surface area contributed by atoms with Gasteiger partial charge in [0.25, 0.3) is 5.56 Å². The van der Waals surface area contributed by atoms with E-state index in [-0.39, 0.29) is 5.56 Å². The summed E-state index contributed by atoms with van der Waals surface area (Å²) in [7, 11) is 0. The molecule has 0 spiro atoms. The third kappa shape index (κ3) is 2.52. The number of benzene rings is 1. The van der Waals surface area contributed by atoms with E-state index in [9.17, 15) is 4.79 Å². The molecule has 0 atom stereocenters. The molecule has 7 heteroatoms. The molecule has 0 bridgehead atoms. The van der Waals surface area contributed by atoms with Gasteiger partial charge in [0.1, 0.15) is 4.70 Å². The van der Waals surface area contributed by atoms with E-state index < -0.39 is 0 Å². The lowest BCUT2D eigenvalue weighted by Crippen LogP contribution is -2.08. The fourth-order valence-corrected chi connectivity index (χ4v) is 3.59. The Morgan fingerprint density at radius 1 is 1.09 bits per heavy atom. The first kappa shape index (κ1) is 14.0. The summed E-state index contributed by atoms with van der Waals surface area (Å²) in [6.45, 7) is 0. The molecule has 112 valence electrons. The minimum Gasteiger partial charge on any atom is -0.303 e. The summed E-state index contributed by atoms with van der Waals surface area (Å²) < 4.78 is 0.555. The first-order chi connectivity index (χ1) is 11.2. The third-order valence-electron chi connectivity index (χ3n) is 3.30. The Hall–Kier alpha value is -2.57. The molecular weight excluding hydrogens is 332 g/mol. The van der Waals surface area contributed by atoms with Gasteiger partial charge in [-0.05, 0) is 18.2 Å². The van der Waals surface area contributed by atoms with Crippen molar-refractivity contribution in [2.24, 2.45) is 0 Å².